The zero-order valence-electron chi connectivity index (χ0n) is 8.71. The van der Waals surface area contributed by atoms with Gasteiger partial charge in [-0.05, 0) is 39.4 Å². The van der Waals surface area contributed by atoms with Crippen LogP contribution in [0.3, 0.4) is 0 Å². The Kier molecular flexibility index (Phi) is 7.69. The van der Waals surface area contributed by atoms with E-state index in [1.54, 1.807) is 0 Å². The number of aliphatic carboxylic acids is 1. The third kappa shape index (κ3) is 9.34. The number of carboxylic acid groups (broad SMARTS) is 1. The molecular formula is C10H20NO2-. The zero-order chi connectivity index (χ0) is 10.1. The Bertz CT molecular complexity index is 137. The molecule has 0 bridgehead atoms. The molecule has 0 rings (SSSR count). The molecule has 0 aromatic rings. The Morgan fingerprint density at radius 2 is 1.85 bits per heavy atom. The van der Waals surface area contributed by atoms with Gasteiger partial charge in [0, 0.05) is 5.97 Å². The lowest BCUT2D eigenvalue weighted by Gasteiger charge is -2.12. The first-order valence-corrected chi connectivity index (χ1v) is 5.05. The monoisotopic (exact) mass is 186 g/mol. The van der Waals surface area contributed by atoms with Gasteiger partial charge in [0.05, 0.1) is 0 Å². The van der Waals surface area contributed by atoms with Crippen LogP contribution in [0.2, 0.25) is 0 Å². The van der Waals surface area contributed by atoms with Crippen molar-refractivity contribution in [1.82, 2.24) is 4.90 Å². The van der Waals surface area contributed by atoms with Crippen LogP contribution in [0.15, 0.2) is 0 Å². The van der Waals surface area contributed by atoms with E-state index < -0.39 is 5.97 Å². The third-order valence-electron chi connectivity index (χ3n) is 2.21. The molecule has 0 spiro atoms. The molecule has 3 heteroatoms. The number of carbonyl (C=O) groups is 1. The van der Waals surface area contributed by atoms with Crippen LogP contribution < -0.4 is 5.11 Å². The summed E-state index contributed by atoms with van der Waals surface area (Å²) in [6.45, 7) is 4.33. The first kappa shape index (κ1) is 12.4. The number of hydrogen-bond donors (Lipinski definition) is 0. The highest BCUT2D eigenvalue weighted by molar-refractivity contribution is 5.63. The van der Waals surface area contributed by atoms with E-state index in [4.69, 9.17) is 0 Å². The lowest BCUT2D eigenvalue weighted by atomic mass is 10.1. The van der Waals surface area contributed by atoms with Crippen LogP contribution in [0.1, 0.15) is 39.0 Å². The van der Waals surface area contributed by atoms with Crippen molar-refractivity contribution in [1.29, 1.82) is 0 Å². The summed E-state index contributed by atoms with van der Waals surface area (Å²) in [4.78, 5) is 12.3. The molecule has 0 atom stereocenters. The summed E-state index contributed by atoms with van der Waals surface area (Å²) in [5.41, 5.74) is 0. The molecule has 0 N–H and O–H groups in total. The van der Waals surface area contributed by atoms with E-state index in [9.17, 15) is 9.90 Å². The van der Waals surface area contributed by atoms with Gasteiger partial charge in [0.15, 0.2) is 0 Å². The van der Waals surface area contributed by atoms with E-state index >= 15 is 0 Å². The van der Waals surface area contributed by atoms with Gasteiger partial charge in [0.25, 0.3) is 0 Å². The Morgan fingerprint density at radius 3 is 2.38 bits per heavy atom. The van der Waals surface area contributed by atoms with Crippen molar-refractivity contribution < 1.29 is 9.90 Å². The van der Waals surface area contributed by atoms with Crippen LogP contribution in [-0.2, 0) is 4.79 Å². The molecule has 0 aliphatic heterocycles. The molecule has 0 unspecified atom stereocenters. The number of nitrogens with zero attached hydrogens (tertiary/aromatic N) is 1. The maximum atomic E-state index is 10.1. The van der Waals surface area contributed by atoms with Crippen molar-refractivity contribution in [3.63, 3.8) is 0 Å². The number of carboxylic acids is 1. The van der Waals surface area contributed by atoms with E-state index in [2.05, 4.69) is 18.9 Å². The predicted molar refractivity (Wildman–Crippen MR) is 51.3 cm³/mol. The minimum absolute atomic E-state index is 0.212. The van der Waals surface area contributed by atoms with Gasteiger partial charge in [0.1, 0.15) is 0 Å². The molecule has 0 aromatic carbocycles. The first-order valence-electron chi connectivity index (χ1n) is 5.05. The van der Waals surface area contributed by atoms with Crippen molar-refractivity contribution in [2.75, 3.05) is 20.1 Å². The first-order chi connectivity index (χ1) is 6.16. The minimum Gasteiger partial charge on any atom is -0.550 e. The Labute approximate surface area is 80.7 Å². The van der Waals surface area contributed by atoms with Crippen LogP contribution in [0.25, 0.3) is 0 Å². The molecule has 0 heterocycles. The molecule has 0 radical (unpaired) electrons. The van der Waals surface area contributed by atoms with Crippen molar-refractivity contribution in [2.45, 2.75) is 39.0 Å². The van der Waals surface area contributed by atoms with Crippen molar-refractivity contribution in [3.05, 3.63) is 0 Å². The van der Waals surface area contributed by atoms with E-state index in [0.717, 1.165) is 38.8 Å². The van der Waals surface area contributed by atoms with Crippen LogP contribution >= 0.6 is 0 Å². The fraction of sp³-hybridized carbons (Fsp3) is 0.900. The molecule has 0 aliphatic carbocycles. The van der Waals surface area contributed by atoms with Crippen molar-refractivity contribution in [3.8, 4) is 0 Å². The fourth-order valence-electron chi connectivity index (χ4n) is 1.16. The van der Waals surface area contributed by atoms with Gasteiger partial charge in [-0.1, -0.05) is 19.8 Å². The SMILES string of the molecule is CCN(C)CCCCCCC(=O)[O-]. The Balaban J connectivity index is 3.04. The summed E-state index contributed by atoms with van der Waals surface area (Å²) < 4.78 is 0. The summed E-state index contributed by atoms with van der Waals surface area (Å²) in [6.07, 6.45) is 4.27. The van der Waals surface area contributed by atoms with Gasteiger partial charge in [-0.15, -0.1) is 0 Å². The predicted octanol–water partition coefficient (Wildman–Crippen LogP) is 0.638. The number of carbonyl (C=O) groups excluding carboxylic acids is 1. The van der Waals surface area contributed by atoms with Gasteiger partial charge >= 0.3 is 0 Å². The number of rotatable bonds is 8. The number of unbranched alkanes of at least 4 members (excludes halogenated alkanes) is 3. The van der Waals surface area contributed by atoms with E-state index in [1.165, 1.54) is 0 Å². The molecule has 0 saturated heterocycles. The molecule has 0 fully saturated rings. The lowest BCUT2D eigenvalue weighted by molar-refractivity contribution is -0.305. The minimum atomic E-state index is -0.925. The van der Waals surface area contributed by atoms with Crippen LogP contribution in [0.4, 0.5) is 0 Å². The fourth-order valence-corrected chi connectivity index (χ4v) is 1.16. The van der Waals surface area contributed by atoms with Crippen LogP contribution in [-0.4, -0.2) is 31.0 Å². The van der Waals surface area contributed by atoms with Gasteiger partial charge < -0.3 is 14.8 Å². The zero-order valence-corrected chi connectivity index (χ0v) is 8.71. The third-order valence-corrected chi connectivity index (χ3v) is 2.21. The molecule has 0 amide bonds. The van der Waals surface area contributed by atoms with Gasteiger partial charge in [-0.3, -0.25) is 0 Å². The molecule has 0 saturated carbocycles. The van der Waals surface area contributed by atoms with E-state index in [-0.39, 0.29) is 6.42 Å². The Morgan fingerprint density at radius 1 is 1.23 bits per heavy atom. The van der Waals surface area contributed by atoms with E-state index in [1.807, 2.05) is 0 Å². The summed E-state index contributed by atoms with van der Waals surface area (Å²) >= 11 is 0. The largest absolute Gasteiger partial charge is 0.550 e. The van der Waals surface area contributed by atoms with Gasteiger partial charge in [-0.2, -0.15) is 0 Å². The van der Waals surface area contributed by atoms with Gasteiger partial charge in [-0.25, -0.2) is 0 Å². The molecular weight excluding hydrogens is 166 g/mol. The molecule has 0 aliphatic rings. The van der Waals surface area contributed by atoms with Crippen molar-refractivity contribution >= 4 is 5.97 Å². The molecule has 78 valence electrons. The summed E-state index contributed by atoms with van der Waals surface area (Å²) in [5.74, 6) is -0.925. The highest BCUT2D eigenvalue weighted by Gasteiger charge is 1.94. The van der Waals surface area contributed by atoms with Crippen LogP contribution in [0.5, 0.6) is 0 Å². The average Bonchev–Trinajstić information content (AvgIpc) is 2.10. The second-order valence-corrected chi connectivity index (χ2v) is 3.43. The summed E-state index contributed by atoms with van der Waals surface area (Å²) in [5, 5.41) is 10.1. The van der Waals surface area contributed by atoms with E-state index in [0.29, 0.717) is 0 Å². The number of hydrogen-bond acceptors (Lipinski definition) is 3. The van der Waals surface area contributed by atoms with Crippen molar-refractivity contribution in [2.24, 2.45) is 0 Å². The molecule has 3 nitrogen and oxygen atoms in total. The maximum absolute atomic E-state index is 10.1. The van der Waals surface area contributed by atoms with Crippen LogP contribution in [0, 0.1) is 0 Å². The molecule has 13 heavy (non-hydrogen) atoms. The Hall–Kier alpha value is -0.570. The van der Waals surface area contributed by atoms with Gasteiger partial charge in [0.2, 0.25) is 0 Å². The normalized spacial score (nSPS) is 10.7. The standard InChI is InChI=1S/C10H21NO2/c1-3-11(2)9-7-5-4-6-8-10(12)13/h3-9H2,1-2H3,(H,12,13)/p-1. The second kappa shape index (κ2) is 8.05. The average molecular weight is 186 g/mol. The quantitative estimate of drug-likeness (QED) is 0.522. The maximum Gasteiger partial charge on any atom is 0.0414 e. The topological polar surface area (TPSA) is 43.4 Å². The summed E-state index contributed by atoms with van der Waals surface area (Å²) in [7, 11) is 2.10. The lowest BCUT2D eigenvalue weighted by Crippen LogP contribution is -2.21. The smallest absolute Gasteiger partial charge is 0.0414 e. The molecule has 0 aromatic heterocycles. The highest BCUT2D eigenvalue weighted by atomic mass is 16.4. The highest BCUT2D eigenvalue weighted by Crippen LogP contribution is 2.02. The summed E-state index contributed by atoms with van der Waals surface area (Å²) in [6, 6.07) is 0. The second-order valence-electron chi connectivity index (χ2n) is 3.43.